The molecule has 1 N–H and O–H groups in total. The summed E-state index contributed by atoms with van der Waals surface area (Å²) in [5, 5.41) is 8.31. The highest BCUT2D eigenvalue weighted by Crippen LogP contribution is 2.46. The van der Waals surface area contributed by atoms with E-state index in [9.17, 15) is 18.0 Å². The molecule has 0 radical (unpaired) electrons. The molecule has 0 aliphatic carbocycles. The van der Waals surface area contributed by atoms with E-state index in [1.165, 1.54) is 5.39 Å². The number of rotatable bonds is 5. The second-order valence-corrected chi connectivity index (χ2v) is 9.85. The molecule has 2 aliphatic rings. The van der Waals surface area contributed by atoms with Crippen LogP contribution in [0.4, 0.5) is 13.2 Å². The van der Waals surface area contributed by atoms with Crippen molar-refractivity contribution in [2.75, 3.05) is 39.5 Å². The fraction of sp³-hybridized carbons (Fsp3) is 0.500. The minimum absolute atomic E-state index is 0.0357. The number of para-hydroxylation sites is 1. The van der Waals surface area contributed by atoms with Crippen molar-refractivity contribution in [3.05, 3.63) is 42.1 Å². The predicted molar refractivity (Wildman–Crippen MR) is 119 cm³/mol. The number of nitrogens with zero attached hydrogens (tertiary/aromatic N) is 3. The summed E-state index contributed by atoms with van der Waals surface area (Å²) in [6, 6.07) is 12.5. The molecule has 11 heteroatoms. The highest BCUT2D eigenvalue weighted by molar-refractivity contribution is 8.01. The summed E-state index contributed by atoms with van der Waals surface area (Å²) in [6.07, 6.45) is -3.84. The third-order valence-corrected chi connectivity index (χ3v) is 7.00. The zero-order valence-corrected chi connectivity index (χ0v) is 19.2. The van der Waals surface area contributed by atoms with Gasteiger partial charge in [0.15, 0.2) is 0 Å². The van der Waals surface area contributed by atoms with Crippen molar-refractivity contribution in [2.24, 2.45) is 0 Å². The third-order valence-electron chi connectivity index (χ3n) is 5.42. The molecule has 0 bridgehead atoms. The molecule has 1 atom stereocenters. The van der Waals surface area contributed by atoms with E-state index in [4.69, 9.17) is 19.6 Å². The van der Waals surface area contributed by atoms with Crippen LogP contribution in [0.15, 0.2) is 36.4 Å². The van der Waals surface area contributed by atoms with Crippen LogP contribution < -0.4 is 0 Å². The first-order valence-electron chi connectivity index (χ1n) is 10.3. The predicted octanol–water partition coefficient (Wildman–Crippen LogP) is 3.03. The maximum Gasteiger partial charge on any atom is 0.490 e. The van der Waals surface area contributed by atoms with Gasteiger partial charge in [0, 0.05) is 49.6 Å². The van der Waals surface area contributed by atoms with E-state index in [-0.39, 0.29) is 18.6 Å². The molecule has 1 aromatic carbocycles. The number of halogens is 3. The number of pyridine rings is 1. The first-order chi connectivity index (χ1) is 15.5. The molecule has 1 spiro atoms. The number of alkyl halides is 3. The van der Waals surface area contributed by atoms with E-state index in [2.05, 4.69) is 29.2 Å². The SMILES string of the molecule is CN(C)C(=O)COC1CSC2(C1)CN(Cc1ccc3ccccc3n1)C2.O=C(O)C(F)(F)F. The number of thioether (sulfide) groups is 1. The molecule has 180 valence electrons. The van der Waals surface area contributed by atoms with Gasteiger partial charge in [-0.25, -0.2) is 4.79 Å². The molecule has 0 saturated carbocycles. The summed E-state index contributed by atoms with van der Waals surface area (Å²) in [6.45, 7) is 3.25. The monoisotopic (exact) mass is 485 g/mol. The number of carboxylic acids is 1. The van der Waals surface area contributed by atoms with Crippen LogP contribution in [0.5, 0.6) is 0 Å². The maximum absolute atomic E-state index is 11.7. The number of aromatic nitrogens is 1. The number of carboxylic acid groups (broad SMARTS) is 1. The Morgan fingerprint density at radius 2 is 1.91 bits per heavy atom. The molecule has 2 fully saturated rings. The van der Waals surface area contributed by atoms with Crippen LogP contribution in [0.3, 0.4) is 0 Å². The number of likely N-dealkylation sites (N-methyl/N-ethyl adjacent to an activating group) is 1. The Hall–Kier alpha value is -2.37. The van der Waals surface area contributed by atoms with Gasteiger partial charge in [-0.3, -0.25) is 14.7 Å². The first kappa shape index (κ1) is 25.3. The van der Waals surface area contributed by atoms with E-state index in [1.54, 1.807) is 19.0 Å². The number of ether oxygens (including phenoxy) is 1. The number of likely N-dealkylation sites (tertiary alicyclic amines) is 1. The summed E-state index contributed by atoms with van der Waals surface area (Å²) in [5.41, 5.74) is 2.19. The third kappa shape index (κ3) is 6.81. The lowest BCUT2D eigenvalue weighted by Gasteiger charge is -2.47. The molecule has 33 heavy (non-hydrogen) atoms. The smallest absolute Gasteiger partial charge is 0.475 e. The Bertz CT molecular complexity index is 996. The zero-order chi connectivity index (χ0) is 24.2. The average Bonchev–Trinajstić information content (AvgIpc) is 3.15. The van der Waals surface area contributed by atoms with Crippen LogP contribution in [0.2, 0.25) is 0 Å². The number of fused-ring (bicyclic) bond motifs is 1. The van der Waals surface area contributed by atoms with Crippen LogP contribution in [0.1, 0.15) is 12.1 Å². The molecule has 4 rings (SSSR count). The molecule has 3 heterocycles. The van der Waals surface area contributed by atoms with Gasteiger partial charge in [-0.2, -0.15) is 13.2 Å². The van der Waals surface area contributed by atoms with E-state index in [0.717, 1.165) is 43.0 Å². The number of hydrogen-bond acceptors (Lipinski definition) is 6. The van der Waals surface area contributed by atoms with Gasteiger partial charge >= 0.3 is 12.1 Å². The molecule has 2 aliphatic heterocycles. The lowest BCUT2D eigenvalue weighted by Crippen LogP contribution is -2.58. The van der Waals surface area contributed by atoms with Crippen molar-refractivity contribution < 1.29 is 32.6 Å². The standard InChI is InChI=1S/C20H25N3O2S.C2HF3O2/c1-22(2)19(24)11-25-17-9-20(26-12-17)13-23(14-20)10-16-8-7-15-5-3-4-6-18(15)21-16;3-2(4,5)1(6)7/h3-8,17H,9-14H2,1-2H3;(H,6,7). The number of aliphatic carboxylic acids is 1. The molecule has 1 aromatic heterocycles. The van der Waals surface area contributed by atoms with E-state index in [0.29, 0.717) is 4.75 Å². The molecule has 2 aromatic rings. The summed E-state index contributed by atoms with van der Waals surface area (Å²) >= 11 is 2.00. The first-order valence-corrected chi connectivity index (χ1v) is 11.3. The van der Waals surface area contributed by atoms with Crippen molar-refractivity contribution in [2.45, 2.75) is 30.0 Å². The lowest BCUT2D eigenvalue weighted by atomic mass is 9.92. The van der Waals surface area contributed by atoms with Gasteiger partial charge in [-0.05, 0) is 18.6 Å². The second-order valence-electron chi connectivity index (χ2n) is 8.36. The Morgan fingerprint density at radius 3 is 2.55 bits per heavy atom. The van der Waals surface area contributed by atoms with Crippen LogP contribution in [0.25, 0.3) is 10.9 Å². The second kappa shape index (κ2) is 10.3. The summed E-state index contributed by atoms with van der Waals surface area (Å²) in [7, 11) is 3.53. The number of hydrogen-bond donors (Lipinski definition) is 1. The van der Waals surface area contributed by atoms with Gasteiger partial charge in [0.1, 0.15) is 6.61 Å². The van der Waals surface area contributed by atoms with Crippen molar-refractivity contribution in [3.8, 4) is 0 Å². The highest BCUT2D eigenvalue weighted by Gasteiger charge is 2.49. The van der Waals surface area contributed by atoms with E-state index in [1.807, 2.05) is 23.9 Å². The van der Waals surface area contributed by atoms with Crippen LogP contribution in [-0.4, -0.2) is 88.3 Å². The van der Waals surface area contributed by atoms with E-state index < -0.39 is 12.1 Å². The Balaban J connectivity index is 0.000000383. The average molecular weight is 486 g/mol. The van der Waals surface area contributed by atoms with Crippen molar-refractivity contribution in [1.29, 1.82) is 0 Å². The topological polar surface area (TPSA) is 83.0 Å². The van der Waals surface area contributed by atoms with Gasteiger partial charge in [0.2, 0.25) is 5.91 Å². The molecular formula is C22H26F3N3O4S. The Kier molecular flexibility index (Phi) is 7.86. The van der Waals surface area contributed by atoms with Gasteiger partial charge in [0.05, 0.1) is 17.3 Å². The number of carbonyl (C=O) groups excluding carboxylic acids is 1. The van der Waals surface area contributed by atoms with Crippen LogP contribution >= 0.6 is 11.8 Å². The van der Waals surface area contributed by atoms with Gasteiger partial charge in [-0.1, -0.05) is 24.3 Å². The minimum Gasteiger partial charge on any atom is -0.475 e. The molecule has 2 saturated heterocycles. The van der Waals surface area contributed by atoms with Crippen molar-refractivity contribution >= 4 is 34.5 Å². The van der Waals surface area contributed by atoms with Crippen molar-refractivity contribution in [1.82, 2.24) is 14.8 Å². The minimum atomic E-state index is -5.08. The zero-order valence-electron chi connectivity index (χ0n) is 18.3. The summed E-state index contributed by atoms with van der Waals surface area (Å²) in [4.78, 5) is 29.4. The molecule has 1 amide bonds. The fourth-order valence-electron chi connectivity index (χ4n) is 3.75. The Labute approximate surface area is 193 Å². The lowest BCUT2D eigenvalue weighted by molar-refractivity contribution is -0.192. The summed E-state index contributed by atoms with van der Waals surface area (Å²) < 4.78 is 37.9. The van der Waals surface area contributed by atoms with E-state index >= 15 is 0 Å². The van der Waals surface area contributed by atoms with Crippen LogP contribution in [0, 0.1) is 0 Å². The quantitative estimate of drug-likeness (QED) is 0.697. The van der Waals surface area contributed by atoms with Gasteiger partial charge in [-0.15, -0.1) is 11.8 Å². The van der Waals surface area contributed by atoms with Gasteiger partial charge in [0.25, 0.3) is 0 Å². The molecule has 1 unspecified atom stereocenters. The van der Waals surface area contributed by atoms with Crippen molar-refractivity contribution in [3.63, 3.8) is 0 Å². The number of benzene rings is 1. The largest absolute Gasteiger partial charge is 0.490 e. The van der Waals surface area contributed by atoms with Gasteiger partial charge < -0.3 is 14.7 Å². The molecular weight excluding hydrogens is 459 g/mol. The summed E-state index contributed by atoms with van der Waals surface area (Å²) in [5.74, 6) is -1.73. The Morgan fingerprint density at radius 1 is 1.24 bits per heavy atom. The fourth-order valence-corrected chi connectivity index (χ4v) is 5.36. The highest BCUT2D eigenvalue weighted by atomic mass is 32.2. The maximum atomic E-state index is 11.7. The van der Waals surface area contributed by atoms with Crippen LogP contribution in [-0.2, 0) is 20.9 Å². The molecule has 7 nitrogen and oxygen atoms in total. The number of amides is 1. The normalized spacial score (nSPS) is 19.6. The number of carbonyl (C=O) groups is 2.